The number of hydrogen-bond acceptors (Lipinski definition) is 6. The van der Waals surface area contributed by atoms with E-state index in [-0.39, 0.29) is 24.3 Å². The SMILES string of the molecule is COc1cc(/C=C2\SC(=O)N(CCOc3cccc(C)c3)C2=O)ccc1OCc1cccc(C)c1. The summed E-state index contributed by atoms with van der Waals surface area (Å²) in [6, 6.07) is 21.2. The smallest absolute Gasteiger partial charge is 0.293 e. The van der Waals surface area contributed by atoms with Crippen LogP contribution in [0, 0.1) is 13.8 Å². The van der Waals surface area contributed by atoms with Crippen LogP contribution in [0.1, 0.15) is 22.3 Å². The third-order valence-electron chi connectivity index (χ3n) is 5.41. The lowest BCUT2D eigenvalue weighted by molar-refractivity contribution is -0.123. The second-order valence-electron chi connectivity index (χ2n) is 8.19. The second kappa shape index (κ2) is 11.1. The molecule has 0 N–H and O–H groups in total. The van der Waals surface area contributed by atoms with Crippen molar-refractivity contribution < 1.29 is 23.8 Å². The van der Waals surface area contributed by atoms with Crippen LogP contribution in [-0.2, 0) is 11.4 Å². The first-order valence-corrected chi connectivity index (χ1v) is 12.1. The lowest BCUT2D eigenvalue weighted by atomic mass is 10.1. The largest absolute Gasteiger partial charge is 0.493 e. The minimum atomic E-state index is -0.327. The summed E-state index contributed by atoms with van der Waals surface area (Å²) in [4.78, 5) is 26.8. The summed E-state index contributed by atoms with van der Waals surface area (Å²) in [5.41, 5.74) is 4.06. The number of rotatable bonds is 9. The van der Waals surface area contributed by atoms with E-state index in [4.69, 9.17) is 14.2 Å². The standard InChI is InChI=1S/C28H27NO5S/c1-19-6-4-8-22(14-19)18-34-24-11-10-21(16-25(24)32-3)17-26-27(30)29(28(31)35-26)12-13-33-23-9-5-7-20(2)15-23/h4-11,14-17H,12-13,18H2,1-3H3/b26-17-. The van der Waals surface area contributed by atoms with Gasteiger partial charge in [-0.15, -0.1) is 0 Å². The van der Waals surface area contributed by atoms with E-state index in [1.807, 2.05) is 62.4 Å². The number of carbonyl (C=O) groups excluding carboxylic acids is 2. The van der Waals surface area contributed by atoms with Gasteiger partial charge in [0.2, 0.25) is 0 Å². The van der Waals surface area contributed by atoms with Gasteiger partial charge >= 0.3 is 0 Å². The summed E-state index contributed by atoms with van der Waals surface area (Å²) in [6.07, 6.45) is 1.69. The number of methoxy groups -OCH3 is 1. The molecule has 1 aliphatic rings. The van der Waals surface area contributed by atoms with Gasteiger partial charge in [-0.25, -0.2) is 0 Å². The fourth-order valence-electron chi connectivity index (χ4n) is 3.66. The Morgan fingerprint density at radius 2 is 1.66 bits per heavy atom. The molecule has 3 aromatic carbocycles. The first kappa shape index (κ1) is 24.4. The van der Waals surface area contributed by atoms with E-state index in [1.165, 1.54) is 10.5 Å². The van der Waals surface area contributed by atoms with Crippen LogP contribution >= 0.6 is 11.8 Å². The van der Waals surface area contributed by atoms with Crippen LogP contribution in [0.3, 0.4) is 0 Å². The Morgan fingerprint density at radius 1 is 0.886 bits per heavy atom. The average Bonchev–Trinajstić information content (AvgIpc) is 3.10. The van der Waals surface area contributed by atoms with Gasteiger partial charge in [0.15, 0.2) is 11.5 Å². The Balaban J connectivity index is 1.40. The molecule has 35 heavy (non-hydrogen) atoms. The number of nitrogens with zero attached hydrogens (tertiary/aromatic N) is 1. The van der Waals surface area contributed by atoms with Gasteiger partial charge in [0.1, 0.15) is 19.0 Å². The number of carbonyl (C=O) groups is 2. The van der Waals surface area contributed by atoms with Crippen LogP contribution in [0.25, 0.3) is 6.08 Å². The molecule has 1 fully saturated rings. The number of imide groups is 1. The quantitative estimate of drug-likeness (QED) is 0.343. The van der Waals surface area contributed by atoms with Gasteiger partial charge in [-0.2, -0.15) is 0 Å². The van der Waals surface area contributed by atoms with Gasteiger partial charge < -0.3 is 14.2 Å². The highest BCUT2D eigenvalue weighted by atomic mass is 32.2. The third kappa shape index (κ3) is 6.25. The second-order valence-corrected chi connectivity index (χ2v) is 9.18. The van der Waals surface area contributed by atoms with E-state index in [0.29, 0.717) is 28.8 Å². The van der Waals surface area contributed by atoms with Crippen LogP contribution in [0.5, 0.6) is 17.2 Å². The molecule has 7 heteroatoms. The van der Waals surface area contributed by atoms with Crippen molar-refractivity contribution in [3.05, 3.63) is 93.9 Å². The Hall–Kier alpha value is -3.71. The monoisotopic (exact) mass is 489 g/mol. The first-order chi connectivity index (χ1) is 16.9. The molecule has 1 aliphatic heterocycles. The van der Waals surface area contributed by atoms with E-state index < -0.39 is 0 Å². The Bertz CT molecular complexity index is 1270. The van der Waals surface area contributed by atoms with Gasteiger partial charge in [-0.05, 0) is 72.6 Å². The normalized spacial score (nSPS) is 14.5. The predicted molar refractivity (Wildman–Crippen MR) is 138 cm³/mol. The maximum atomic E-state index is 12.8. The first-order valence-electron chi connectivity index (χ1n) is 11.2. The molecule has 0 radical (unpaired) electrons. The van der Waals surface area contributed by atoms with Gasteiger partial charge in [-0.1, -0.05) is 48.0 Å². The van der Waals surface area contributed by atoms with Crippen molar-refractivity contribution in [1.29, 1.82) is 0 Å². The van der Waals surface area contributed by atoms with Crippen LogP contribution in [0.2, 0.25) is 0 Å². The predicted octanol–water partition coefficient (Wildman–Crippen LogP) is 6.01. The number of aryl methyl sites for hydroxylation is 2. The zero-order valence-electron chi connectivity index (χ0n) is 19.9. The maximum absolute atomic E-state index is 12.8. The molecule has 0 atom stereocenters. The maximum Gasteiger partial charge on any atom is 0.293 e. The molecule has 1 saturated heterocycles. The lowest BCUT2D eigenvalue weighted by Gasteiger charge is -2.13. The van der Waals surface area contributed by atoms with Crippen molar-refractivity contribution in [2.45, 2.75) is 20.5 Å². The topological polar surface area (TPSA) is 65.1 Å². The molecule has 6 nitrogen and oxygen atoms in total. The zero-order valence-corrected chi connectivity index (χ0v) is 20.8. The molecule has 0 saturated carbocycles. The lowest BCUT2D eigenvalue weighted by Crippen LogP contribution is -2.32. The Labute approximate surface area is 209 Å². The molecule has 0 bridgehead atoms. The van der Waals surface area contributed by atoms with Gasteiger partial charge in [-0.3, -0.25) is 14.5 Å². The van der Waals surface area contributed by atoms with Gasteiger partial charge in [0, 0.05) is 0 Å². The fourth-order valence-corrected chi connectivity index (χ4v) is 4.53. The van der Waals surface area contributed by atoms with Crippen molar-refractivity contribution in [3.63, 3.8) is 0 Å². The molecule has 2 amide bonds. The number of benzene rings is 3. The van der Waals surface area contributed by atoms with Crippen molar-refractivity contribution in [1.82, 2.24) is 4.90 Å². The highest BCUT2D eigenvalue weighted by Gasteiger charge is 2.34. The molecule has 180 valence electrons. The average molecular weight is 490 g/mol. The number of hydrogen-bond donors (Lipinski definition) is 0. The van der Waals surface area contributed by atoms with Crippen molar-refractivity contribution in [3.8, 4) is 17.2 Å². The summed E-state index contributed by atoms with van der Waals surface area (Å²) < 4.78 is 17.1. The van der Waals surface area contributed by atoms with Crippen LogP contribution in [-0.4, -0.2) is 36.3 Å². The van der Waals surface area contributed by atoms with Crippen LogP contribution in [0.4, 0.5) is 4.79 Å². The fraction of sp³-hybridized carbons (Fsp3) is 0.214. The summed E-state index contributed by atoms with van der Waals surface area (Å²) >= 11 is 0.923. The summed E-state index contributed by atoms with van der Waals surface area (Å²) in [5, 5.41) is -0.306. The molecular weight excluding hydrogens is 462 g/mol. The summed E-state index contributed by atoms with van der Waals surface area (Å²) in [5.74, 6) is 1.54. The summed E-state index contributed by atoms with van der Waals surface area (Å²) in [7, 11) is 1.57. The molecule has 3 aromatic rings. The minimum absolute atomic E-state index is 0.186. The molecule has 0 spiro atoms. The molecule has 1 heterocycles. The zero-order chi connectivity index (χ0) is 24.8. The van der Waals surface area contributed by atoms with Crippen LogP contribution in [0.15, 0.2) is 71.6 Å². The number of amides is 2. The van der Waals surface area contributed by atoms with Crippen molar-refractivity contribution in [2.75, 3.05) is 20.3 Å². The number of ether oxygens (including phenoxy) is 3. The highest BCUT2D eigenvalue weighted by Crippen LogP contribution is 2.34. The Morgan fingerprint density at radius 3 is 2.40 bits per heavy atom. The molecular formula is C28H27NO5S. The van der Waals surface area contributed by atoms with E-state index in [0.717, 1.165) is 28.5 Å². The molecule has 0 unspecified atom stereocenters. The van der Waals surface area contributed by atoms with E-state index in [1.54, 1.807) is 25.3 Å². The van der Waals surface area contributed by atoms with Crippen molar-refractivity contribution in [2.24, 2.45) is 0 Å². The Kier molecular flexibility index (Phi) is 7.77. The van der Waals surface area contributed by atoms with E-state index >= 15 is 0 Å². The van der Waals surface area contributed by atoms with Crippen molar-refractivity contribution >= 4 is 29.0 Å². The van der Waals surface area contributed by atoms with Gasteiger partial charge in [0.25, 0.3) is 11.1 Å². The minimum Gasteiger partial charge on any atom is -0.493 e. The van der Waals surface area contributed by atoms with E-state index in [9.17, 15) is 9.59 Å². The van der Waals surface area contributed by atoms with Crippen LogP contribution < -0.4 is 14.2 Å². The van der Waals surface area contributed by atoms with E-state index in [2.05, 4.69) is 6.07 Å². The molecule has 0 aromatic heterocycles. The highest BCUT2D eigenvalue weighted by molar-refractivity contribution is 8.18. The summed E-state index contributed by atoms with van der Waals surface area (Å²) in [6.45, 7) is 4.85. The third-order valence-corrected chi connectivity index (χ3v) is 6.32. The van der Waals surface area contributed by atoms with Gasteiger partial charge in [0.05, 0.1) is 18.6 Å². The molecule has 0 aliphatic carbocycles. The molecule has 4 rings (SSSR count). The number of thioether (sulfide) groups is 1.